The number of guanidine groups is 1. The van der Waals surface area contributed by atoms with Crippen molar-refractivity contribution in [2.24, 2.45) is 4.99 Å². The van der Waals surface area contributed by atoms with Crippen molar-refractivity contribution in [3.8, 4) is 0 Å². The molecule has 0 saturated carbocycles. The molecular formula is C19H25N3S. The minimum atomic E-state index is 0.505. The first-order valence-electron chi connectivity index (χ1n) is 8.30. The molecule has 2 atom stereocenters. The van der Waals surface area contributed by atoms with Gasteiger partial charge < -0.3 is 10.2 Å². The van der Waals surface area contributed by atoms with Crippen LogP contribution in [0.3, 0.4) is 0 Å². The highest BCUT2D eigenvalue weighted by atomic mass is 32.1. The van der Waals surface area contributed by atoms with Crippen LogP contribution in [0.15, 0.2) is 52.2 Å². The molecule has 0 bridgehead atoms. The third kappa shape index (κ3) is 3.94. The Hall–Kier alpha value is -1.81. The highest BCUT2D eigenvalue weighted by Crippen LogP contribution is 2.27. The molecule has 3 rings (SSSR count). The summed E-state index contributed by atoms with van der Waals surface area (Å²) in [5.41, 5.74) is 2.85. The van der Waals surface area contributed by atoms with E-state index >= 15 is 0 Å². The lowest BCUT2D eigenvalue weighted by atomic mass is 9.99. The van der Waals surface area contributed by atoms with Gasteiger partial charge in [-0.2, -0.15) is 11.3 Å². The fraction of sp³-hybridized carbons (Fsp3) is 0.421. The van der Waals surface area contributed by atoms with E-state index in [4.69, 9.17) is 0 Å². The third-order valence-electron chi connectivity index (χ3n) is 4.65. The largest absolute Gasteiger partial charge is 0.356 e. The summed E-state index contributed by atoms with van der Waals surface area (Å²) in [6.45, 7) is 5.32. The summed E-state index contributed by atoms with van der Waals surface area (Å²) < 4.78 is 0. The van der Waals surface area contributed by atoms with Crippen molar-refractivity contribution in [1.29, 1.82) is 0 Å². The first-order valence-corrected chi connectivity index (χ1v) is 9.25. The number of thiophene rings is 1. The zero-order valence-electron chi connectivity index (χ0n) is 13.9. The van der Waals surface area contributed by atoms with Gasteiger partial charge in [0.25, 0.3) is 0 Å². The van der Waals surface area contributed by atoms with Gasteiger partial charge in [-0.05, 0) is 40.3 Å². The summed E-state index contributed by atoms with van der Waals surface area (Å²) >= 11 is 1.76. The van der Waals surface area contributed by atoms with Gasteiger partial charge in [-0.15, -0.1) is 0 Å². The fourth-order valence-corrected chi connectivity index (χ4v) is 3.98. The maximum Gasteiger partial charge on any atom is 0.193 e. The second-order valence-corrected chi connectivity index (χ2v) is 7.01. The van der Waals surface area contributed by atoms with Crippen LogP contribution in [0.2, 0.25) is 0 Å². The standard InChI is InChI=1S/C19H25N3S/c1-15(18-9-11-23-14-18)12-21-19(20-2)22-10-8-17(13-22)16-6-4-3-5-7-16/h3-7,9,11,14-15,17H,8,10,12-13H2,1-2H3,(H,20,21). The van der Waals surface area contributed by atoms with Crippen molar-refractivity contribution >= 4 is 17.3 Å². The smallest absolute Gasteiger partial charge is 0.193 e. The lowest BCUT2D eigenvalue weighted by Gasteiger charge is -2.23. The second-order valence-electron chi connectivity index (χ2n) is 6.23. The van der Waals surface area contributed by atoms with E-state index in [-0.39, 0.29) is 0 Å². The van der Waals surface area contributed by atoms with Gasteiger partial charge in [0.05, 0.1) is 0 Å². The van der Waals surface area contributed by atoms with Crippen molar-refractivity contribution < 1.29 is 0 Å². The summed E-state index contributed by atoms with van der Waals surface area (Å²) in [7, 11) is 1.88. The quantitative estimate of drug-likeness (QED) is 0.681. The molecule has 1 aliphatic rings. The summed E-state index contributed by atoms with van der Waals surface area (Å²) in [6.07, 6.45) is 1.20. The van der Waals surface area contributed by atoms with E-state index < -0.39 is 0 Å². The first-order chi connectivity index (χ1) is 11.3. The minimum absolute atomic E-state index is 0.505. The van der Waals surface area contributed by atoms with Crippen LogP contribution in [-0.4, -0.2) is 37.5 Å². The fourth-order valence-electron chi connectivity index (χ4n) is 3.20. The average molecular weight is 327 g/mol. The number of benzene rings is 1. The summed E-state index contributed by atoms with van der Waals surface area (Å²) in [6, 6.07) is 13.0. The summed E-state index contributed by atoms with van der Waals surface area (Å²) in [4.78, 5) is 6.87. The molecule has 2 unspecified atom stereocenters. The van der Waals surface area contributed by atoms with Gasteiger partial charge >= 0.3 is 0 Å². The van der Waals surface area contributed by atoms with Crippen molar-refractivity contribution in [1.82, 2.24) is 10.2 Å². The highest BCUT2D eigenvalue weighted by molar-refractivity contribution is 7.07. The Bertz CT molecular complexity index is 621. The predicted octanol–water partition coefficient (Wildman–Crippen LogP) is 3.92. The predicted molar refractivity (Wildman–Crippen MR) is 99.5 cm³/mol. The number of likely N-dealkylation sites (tertiary alicyclic amines) is 1. The highest BCUT2D eigenvalue weighted by Gasteiger charge is 2.26. The lowest BCUT2D eigenvalue weighted by Crippen LogP contribution is -2.41. The summed E-state index contributed by atoms with van der Waals surface area (Å²) in [5, 5.41) is 7.93. The molecule has 1 fully saturated rings. The van der Waals surface area contributed by atoms with Crippen molar-refractivity contribution in [2.75, 3.05) is 26.7 Å². The van der Waals surface area contributed by atoms with Crippen molar-refractivity contribution in [2.45, 2.75) is 25.2 Å². The van der Waals surface area contributed by atoms with Crippen LogP contribution in [0.5, 0.6) is 0 Å². The molecule has 0 aliphatic carbocycles. The minimum Gasteiger partial charge on any atom is -0.356 e. The maximum atomic E-state index is 4.49. The second kappa shape index (κ2) is 7.64. The van der Waals surface area contributed by atoms with Crippen LogP contribution < -0.4 is 5.32 Å². The van der Waals surface area contributed by atoms with Gasteiger partial charge in [0.1, 0.15) is 0 Å². The molecule has 1 N–H and O–H groups in total. The maximum absolute atomic E-state index is 4.49. The average Bonchev–Trinajstić information content (AvgIpc) is 3.28. The Morgan fingerprint density at radius 2 is 2.17 bits per heavy atom. The Morgan fingerprint density at radius 3 is 2.87 bits per heavy atom. The molecule has 0 amide bonds. The molecule has 0 radical (unpaired) electrons. The molecule has 122 valence electrons. The SMILES string of the molecule is CN=C(NCC(C)c1ccsc1)N1CCC(c2ccccc2)C1. The van der Waals surface area contributed by atoms with Gasteiger partial charge in [0.15, 0.2) is 5.96 Å². The van der Waals surface area contributed by atoms with Gasteiger partial charge in [-0.1, -0.05) is 37.3 Å². The molecule has 1 aromatic carbocycles. The molecule has 4 heteroatoms. The monoisotopic (exact) mass is 327 g/mol. The normalized spacial score (nSPS) is 19.8. The molecule has 1 saturated heterocycles. The number of nitrogens with zero attached hydrogens (tertiary/aromatic N) is 2. The van der Waals surface area contributed by atoms with E-state index in [1.54, 1.807) is 11.3 Å². The van der Waals surface area contributed by atoms with Crippen LogP contribution >= 0.6 is 11.3 Å². The van der Waals surface area contributed by atoms with Crippen molar-refractivity contribution in [3.05, 3.63) is 58.3 Å². The van der Waals surface area contributed by atoms with Gasteiger partial charge in [0, 0.05) is 32.6 Å². The van der Waals surface area contributed by atoms with Gasteiger partial charge in [-0.3, -0.25) is 4.99 Å². The Balaban J connectivity index is 1.55. The van der Waals surface area contributed by atoms with Crippen molar-refractivity contribution in [3.63, 3.8) is 0 Å². The Morgan fingerprint density at radius 1 is 1.35 bits per heavy atom. The zero-order valence-corrected chi connectivity index (χ0v) is 14.7. The number of aliphatic imine (C=N–C) groups is 1. The molecule has 23 heavy (non-hydrogen) atoms. The van der Waals surface area contributed by atoms with E-state index in [1.807, 2.05) is 7.05 Å². The molecule has 2 heterocycles. The van der Waals surface area contributed by atoms with Crippen LogP contribution in [-0.2, 0) is 0 Å². The van der Waals surface area contributed by atoms with Crippen LogP contribution in [0, 0.1) is 0 Å². The molecule has 1 aromatic heterocycles. The van der Waals surface area contributed by atoms with Crippen LogP contribution in [0.4, 0.5) is 0 Å². The van der Waals surface area contributed by atoms with E-state index in [0.717, 1.165) is 25.6 Å². The van der Waals surface area contributed by atoms with Gasteiger partial charge in [0.2, 0.25) is 0 Å². The van der Waals surface area contributed by atoms with Crippen LogP contribution in [0.25, 0.3) is 0 Å². The lowest BCUT2D eigenvalue weighted by molar-refractivity contribution is 0.482. The number of hydrogen-bond acceptors (Lipinski definition) is 2. The molecule has 1 aliphatic heterocycles. The Labute approximate surface area is 143 Å². The molecule has 2 aromatic rings. The van der Waals surface area contributed by atoms with E-state index in [2.05, 4.69) is 69.3 Å². The summed E-state index contributed by atoms with van der Waals surface area (Å²) in [5.74, 6) is 2.15. The number of nitrogens with one attached hydrogen (secondary N) is 1. The third-order valence-corrected chi connectivity index (χ3v) is 5.35. The topological polar surface area (TPSA) is 27.6 Å². The zero-order chi connectivity index (χ0) is 16.1. The van der Waals surface area contributed by atoms with E-state index in [9.17, 15) is 0 Å². The van der Waals surface area contributed by atoms with Crippen LogP contribution in [0.1, 0.15) is 36.3 Å². The van der Waals surface area contributed by atoms with E-state index in [0.29, 0.717) is 11.8 Å². The first kappa shape index (κ1) is 16.1. The molecule has 3 nitrogen and oxygen atoms in total. The number of rotatable bonds is 4. The Kier molecular flexibility index (Phi) is 5.34. The molecular weight excluding hydrogens is 302 g/mol. The number of hydrogen-bond donors (Lipinski definition) is 1. The molecule has 0 spiro atoms. The van der Waals surface area contributed by atoms with E-state index in [1.165, 1.54) is 17.5 Å². The van der Waals surface area contributed by atoms with Gasteiger partial charge in [-0.25, -0.2) is 0 Å².